The summed E-state index contributed by atoms with van der Waals surface area (Å²) >= 11 is 5.88. The van der Waals surface area contributed by atoms with Crippen LogP contribution in [0.25, 0.3) is 0 Å². The van der Waals surface area contributed by atoms with E-state index in [4.69, 9.17) is 16.3 Å². The van der Waals surface area contributed by atoms with E-state index in [-0.39, 0.29) is 30.6 Å². The first-order chi connectivity index (χ1) is 16.1. The Morgan fingerprint density at radius 2 is 1.62 bits per heavy atom. The van der Waals surface area contributed by atoms with Gasteiger partial charge in [-0.15, -0.1) is 0 Å². The standard InChI is InChI=1S/C24H27ClN2O6S/c1-34(31,32)27-22-13-17(4-11-23(22)29)24(30)14-26-19(15-28)12-16-2-7-20(8-3-16)33-21-9-5-18(25)6-10-21/h2-11,13,19,24,26-30H,12,14-15H2,1H3/t19-,24?/m0/s1. The molecular formula is C24H27ClN2O6S. The Kier molecular flexibility index (Phi) is 8.76. The van der Waals surface area contributed by atoms with Crippen LogP contribution in [0.15, 0.2) is 66.7 Å². The molecule has 1 unspecified atom stereocenters. The highest BCUT2D eigenvalue weighted by Gasteiger charge is 2.15. The molecule has 0 bridgehead atoms. The number of halogens is 1. The van der Waals surface area contributed by atoms with Crippen LogP contribution in [0.5, 0.6) is 17.2 Å². The summed E-state index contributed by atoms with van der Waals surface area (Å²) in [5.41, 5.74) is 1.37. The number of phenols is 1. The lowest BCUT2D eigenvalue weighted by molar-refractivity contribution is 0.158. The maximum Gasteiger partial charge on any atom is 0.229 e. The third-order valence-electron chi connectivity index (χ3n) is 4.98. The third kappa shape index (κ3) is 7.89. The molecule has 3 aromatic rings. The molecule has 0 heterocycles. The number of ether oxygens (including phenoxy) is 1. The van der Waals surface area contributed by atoms with Gasteiger partial charge in [0.25, 0.3) is 0 Å². The second-order valence-corrected chi connectivity index (χ2v) is 10.0. The second-order valence-electron chi connectivity index (χ2n) is 7.86. The van der Waals surface area contributed by atoms with Gasteiger partial charge in [0.05, 0.1) is 24.7 Å². The molecule has 0 saturated heterocycles. The van der Waals surface area contributed by atoms with Crippen LogP contribution in [0.3, 0.4) is 0 Å². The van der Waals surface area contributed by atoms with E-state index in [2.05, 4.69) is 10.0 Å². The van der Waals surface area contributed by atoms with Crippen molar-refractivity contribution in [3.8, 4) is 17.2 Å². The van der Waals surface area contributed by atoms with Crippen molar-refractivity contribution in [3.05, 3.63) is 82.9 Å². The van der Waals surface area contributed by atoms with Gasteiger partial charge in [-0.05, 0) is 66.1 Å². The molecule has 182 valence electrons. The predicted octanol–water partition coefficient (Wildman–Crippen LogP) is 3.44. The van der Waals surface area contributed by atoms with E-state index in [1.807, 2.05) is 24.3 Å². The van der Waals surface area contributed by atoms with Gasteiger partial charge in [-0.3, -0.25) is 4.72 Å². The number of benzene rings is 3. The number of aromatic hydroxyl groups is 1. The normalized spacial score (nSPS) is 13.3. The molecule has 0 radical (unpaired) electrons. The smallest absolute Gasteiger partial charge is 0.229 e. The zero-order chi connectivity index (χ0) is 24.7. The van der Waals surface area contributed by atoms with Crippen LogP contribution < -0.4 is 14.8 Å². The Morgan fingerprint density at radius 3 is 2.21 bits per heavy atom. The van der Waals surface area contributed by atoms with E-state index in [0.717, 1.165) is 11.8 Å². The summed E-state index contributed by atoms with van der Waals surface area (Å²) in [5, 5.41) is 33.9. The van der Waals surface area contributed by atoms with Crippen molar-refractivity contribution in [2.24, 2.45) is 0 Å². The highest BCUT2D eigenvalue weighted by molar-refractivity contribution is 7.92. The van der Waals surface area contributed by atoms with Crippen LogP contribution in [0.1, 0.15) is 17.2 Å². The van der Waals surface area contributed by atoms with E-state index in [9.17, 15) is 23.7 Å². The molecule has 0 aliphatic heterocycles. The summed E-state index contributed by atoms with van der Waals surface area (Å²) in [6, 6.07) is 18.4. The van der Waals surface area contributed by atoms with Crippen molar-refractivity contribution >= 4 is 27.3 Å². The zero-order valence-corrected chi connectivity index (χ0v) is 20.1. The minimum absolute atomic E-state index is 0.0151. The van der Waals surface area contributed by atoms with E-state index in [0.29, 0.717) is 28.5 Å². The fourth-order valence-corrected chi connectivity index (χ4v) is 3.95. The Hall–Kier alpha value is -2.82. The minimum atomic E-state index is -3.58. The molecule has 0 saturated carbocycles. The van der Waals surface area contributed by atoms with Gasteiger partial charge in [0.1, 0.15) is 17.2 Å². The molecule has 10 heteroatoms. The van der Waals surface area contributed by atoms with Crippen LogP contribution in [0.4, 0.5) is 5.69 Å². The summed E-state index contributed by atoms with van der Waals surface area (Å²) in [6.07, 6.45) is 0.505. The predicted molar refractivity (Wildman–Crippen MR) is 132 cm³/mol. The van der Waals surface area contributed by atoms with E-state index in [1.165, 1.54) is 18.2 Å². The van der Waals surface area contributed by atoms with Gasteiger partial charge in [-0.25, -0.2) is 8.42 Å². The molecule has 34 heavy (non-hydrogen) atoms. The molecule has 0 aliphatic rings. The Morgan fingerprint density at radius 1 is 1.00 bits per heavy atom. The van der Waals surface area contributed by atoms with E-state index in [1.54, 1.807) is 24.3 Å². The average Bonchev–Trinajstić information content (AvgIpc) is 2.79. The summed E-state index contributed by atoms with van der Waals surface area (Å²) in [7, 11) is -3.58. The maximum atomic E-state index is 11.4. The summed E-state index contributed by atoms with van der Waals surface area (Å²) in [5.74, 6) is 1.09. The van der Waals surface area contributed by atoms with Crippen molar-refractivity contribution < 1.29 is 28.5 Å². The molecular weight excluding hydrogens is 480 g/mol. The number of aliphatic hydroxyl groups excluding tert-OH is 2. The molecule has 0 spiro atoms. The van der Waals surface area contributed by atoms with Gasteiger partial charge in [0.2, 0.25) is 10.0 Å². The van der Waals surface area contributed by atoms with Crippen molar-refractivity contribution in [2.75, 3.05) is 24.1 Å². The summed E-state index contributed by atoms with van der Waals surface area (Å²) in [6.45, 7) is -0.0295. The molecule has 8 nitrogen and oxygen atoms in total. The van der Waals surface area contributed by atoms with Crippen molar-refractivity contribution in [1.29, 1.82) is 0 Å². The monoisotopic (exact) mass is 506 g/mol. The number of nitrogens with one attached hydrogen (secondary N) is 2. The fourth-order valence-electron chi connectivity index (χ4n) is 3.26. The van der Waals surface area contributed by atoms with Crippen LogP contribution in [0, 0.1) is 0 Å². The molecule has 0 aromatic heterocycles. The average molecular weight is 507 g/mol. The Balaban J connectivity index is 1.56. The van der Waals surface area contributed by atoms with Gasteiger partial charge in [-0.2, -0.15) is 0 Å². The van der Waals surface area contributed by atoms with Gasteiger partial charge in [0.15, 0.2) is 0 Å². The molecule has 3 rings (SSSR count). The number of hydrogen-bond acceptors (Lipinski definition) is 7. The molecule has 0 aliphatic carbocycles. The Bertz CT molecular complexity index is 1190. The third-order valence-corrected chi connectivity index (χ3v) is 5.82. The van der Waals surface area contributed by atoms with Crippen LogP contribution >= 0.6 is 11.6 Å². The number of aliphatic hydroxyl groups is 2. The van der Waals surface area contributed by atoms with E-state index < -0.39 is 16.1 Å². The van der Waals surface area contributed by atoms with Crippen LogP contribution in [-0.4, -0.2) is 49.2 Å². The number of phenolic OH excluding ortho intramolecular Hbond substituents is 1. The SMILES string of the molecule is CS(=O)(=O)Nc1cc(C(O)CN[C@H](CO)Cc2ccc(Oc3ccc(Cl)cc3)cc2)ccc1O. The number of hydrogen-bond donors (Lipinski definition) is 5. The highest BCUT2D eigenvalue weighted by atomic mass is 35.5. The van der Waals surface area contributed by atoms with Crippen molar-refractivity contribution in [2.45, 2.75) is 18.6 Å². The molecule has 0 amide bonds. The largest absolute Gasteiger partial charge is 0.506 e. The summed E-state index contributed by atoms with van der Waals surface area (Å²) in [4.78, 5) is 0. The van der Waals surface area contributed by atoms with E-state index >= 15 is 0 Å². The number of anilines is 1. The minimum Gasteiger partial charge on any atom is -0.506 e. The highest BCUT2D eigenvalue weighted by Crippen LogP contribution is 2.28. The molecule has 2 atom stereocenters. The first kappa shape index (κ1) is 25.8. The van der Waals surface area contributed by atoms with Gasteiger partial charge in [-0.1, -0.05) is 29.8 Å². The van der Waals surface area contributed by atoms with Crippen molar-refractivity contribution in [3.63, 3.8) is 0 Å². The first-order valence-corrected chi connectivity index (χ1v) is 12.8. The number of rotatable bonds is 11. The molecule has 0 fully saturated rings. The quantitative estimate of drug-likeness (QED) is 0.252. The number of sulfonamides is 1. The molecule has 3 aromatic carbocycles. The lowest BCUT2D eigenvalue weighted by Gasteiger charge is -2.20. The van der Waals surface area contributed by atoms with Gasteiger partial charge in [0, 0.05) is 17.6 Å². The lowest BCUT2D eigenvalue weighted by atomic mass is 10.0. The maximum absolute atomic E-state index is 11.4. The van der Waals surface area contributed by atoms with Crippen LogP contribution in [0.2, 0.25) is 5.02 Å². The molecule has 5 N–H and O–H groups in total. The van der Waals surface area contributed by atoms with Crippen molar-refractivity contribution in [1.82, 2.24) is 5.32 Å². The zero-order valence-electron chi connectivity index (χ0n) is 18.5. The van der Waals surface area contributed by atoms with Gasteiger partial charge < -0.3 is 25.4 Å². The summed E-state index contributed by atoms with van der Waals surface area (Å²) < 4.78 is 30.9. The topological polar surface area (TPSA) is 128 Å². The Labute approximate surface area is 203 Å². The second kappa shape index (κ2) is 11.5. The van der Waals surface area contributed by atoms with Crippen LogP contribution in [-0.2, 0) is 16.4 Å². The fraction of sp³-hybridized carbons (Fsp3) is 0.250. The van der Waals surface area contributed by atoms with Gasteiger partial charge >= 0.3 is 0 Å². The lowest BCUT2D eigenvalue weighted by Crippen LogP contribution is -2.37. The first-order valence-electron chi connectivity index (χ1n) is 10.5.